The van der Waals surface area contributed by atoms with Crippen molar-refractivity contribution < 1.29 is 19.4 Å². The fourth-order valence-electron chi connectivity index (χ4n) is 4.60. The van der Waals surface area contributed by atoms with E-state index in [1.54, 1.807) is 0 Å². The molecule has 0 aromatic heterocycles. The molecule has 1 aliphatic heterocycles. The van der Waals surface area contributed by atoms with E-state index in [1.807, 2.05) is 12.1 Å². The van der Waals surface area contributed by atoms with E-state index in [2.05, 4.69) is 44.2 Å². The highest BCUT2D eigenvalue weighted by atomic mass is 16.5. The molecule has 5 nitrogen and oxygen atoms in total. The van der Waals surface area contributed by atoms with Crippen molar-refractivity contribution in [1.29, 1.82) is 0 Å². The van der Waals surface area contributed by atoms with Crippen LogP contribution >= 0.6 is 0 Å². The molecule has 1 saturated heterocycles. The molecule has 2 aromatic rings. The van der Waals surface area contributed by atoms with Gasteiger partial charge in [-0.1, -0.05) is 56.3 Å². The Morgan fingerprint density at radius 2 is 1.86 bits per heavy atom. The molecule has 1 N–H and O–H groups in total. The number of nitrogens with zero attached hydrogens (tertiary/aromatic N) is 1. The number of carbonyl (C=O) groups excluding carboxylic acids is 2. The predicted molar refractivity (Wildman–Crippen MR) is 106 cm³/mol. The van der Waals surface area contributed by atoms with Crippen molar-refractivity contribution in [3.05, 3.63) is 59.2 Å². The average Bonchev–Trinajstić information content (AvgIpc) is 3.18. The minimum atomic E-state index is -0.707. The number of β-amino-alcohol motifs (C(OH)–C–C–N with tert-alkyl or cyclic N) is 1. The van der Waals surface area contributed by atoms with Gasteiger partial charge in [0.15, 0.2) is 0 Å². The Balaban J connectivity index is 1.61. The molecule has 5 heteroatoms. The molecule has 2 atom stereocenters. The minimum absolute atomic E-state index is 0.0660. The number of rotatable bonds is 3. The molecule has 2 aromatic carbocycles. The molecular formula is C23H25NO4. The number of esters is 1. The van der Waals surface area contributed by atoms with Gasteiger partial charge >= 0.3 is 5.97 Å². The largest absolute Gasteiger partial charge is 0.467 e. The number of amides is 1. The van der Waals surface area contributed by atoms with E-state index < -0.39 is 18.1 Å². The third-order valence-corrected chi connectivity index (χ3v) is 6.08. The zero-order chi connectivity index (χ0) is 20.1. The Kier molecular flexibility index (Phi) is 4.50. The molecule has 0 saturated carbocycles. The lowest BCUT2D eigenvalue weighted by Crippen LogP contribution is -2.42. The van der Waals surface area contributed by atoms with Gasteiger partial charge in [-0.2, -0.15) is 0 Å². The number of ether oxygens (including phenoxy) is 1. The second-order valence-electron chi connectivity index (χ2n) is 8.20. The Bertz CT molecular complexity index is 949. The van der Waals surface area contributed by atoms with E-state index in [0.717, 1.165) is 11.1 Å². The summed E-state index contributed by atoms with van der Waals surface area (Å²) in [7, 11) is 1.30. The van der Waals surface area contributed by atoms with Gasteiger partial charge < -0.3 is 14.7 Å². The van der Waals surface area contributed by atoms with Crippen molar-refractivity contribution >= 4 is 11.9 Å². The standard InChI is InChI=1S/C23H25NO4/c1-23(2)18-7-5-4-6-16(18)17-10-14(8-9-19(17)23)11-21(26)24-13-15(25)12-20(24)22(27)28-3/h4-10,15,20,25H,11-13H2,1-3H3/t15-,20?/m1/s1. The lowest BCUT2D eigenvalue weighted by atomic mass is 9.82. The first-order chi connectivity index (χ1) is 13.3. The van der Waals surface area contributed by atoms with Crippen LogP contribution in [0.3, 0.4) is 0 Å². The number of aliphatic hydroxyl groups is 1. The number of aliphatic hydroxyl groups excluding tert-OH is 1. The first-order valence-electron chi connectivity index (χ1n) is 9.61. The Labute approximate surface area is 164 Å². The van der Waals surface area contributed by atoms with Crippen LogP contribution in [0.25, 0.3) is 11.1 Å². The Hall–Kier alpha value is -2.66. The summed E-state index contributed by atoms with van der Waals surface area (Å²) in [6.45, 7) is 4.60. The topological polar surface area (TPSA) is 66.8 Å². The molecule has 4 rings (SSSR count). The van der Waals surface area contributed by atoms with Crippen LogP contribution < -0.4 is 0 Å². The van der Waals surface area contributed by atoms with Gasteiger partial charge in [0.05, 0.1) is 19.6 Å². The number of methoxy groups -OCH3 is 1. The van der Waals surface area contributed by atoms with E-state index >= 15 is 0 Å². The maximum Gasteiger partial charge on any atom is 0.328 e. The first kappa shape index (κ1) is 18.7. The highest BCUT2D eigenvalue weighted by molar-refractivity contribution is 5.87. The lowest BCUT2D eigenvalue weighted by Gasteiger charge is -2.23. The molecule has 0 spiro atoms. The molecule has 0 bridgehead atoms. The molecule has 1 fully saturated rings. The van der Waals surface area contributed by atoms with Gasteiger partial charge in [-0.15, -0.1) is 0 Å². The van der Waals surface area contributed by atoms with E-state index in [1.165, 1.54) is 28.7 Å². The summed E-state index contributed by atoms with van der Waals surface area (Å²) in [5.74, 6) is -0.646. The van der Waals surface area contributed by atoms with Gasteiger partial charge in [0.2, 0.25) is 5.91 Å². The summed E-state index contributed by atoms with van der Waals surface area (Å²) < 4.78 is 4.79. The lowest BCUT2D eigenvalue weighted by molar-refractivity contribution is -0.150. The van der Waals surface area contributed by atoms with Crippen LogP contribution in [0.4, 0.5) is 0 Å². The highest BCUT2D eigenvalue weighted by Gasteiger charge is 2.40. The SMILES string of the molecule is COC(=O)C1C[C@@H](O)CN1C(=O)Cc1ccc2c(c1)-c1ccccc1C2(C)C. The maximum atomic E-state index is 12.9. The summed E-state index contributed by atoms with van der Waals surface area (Å²) in [6, 6.07) is 13.9. The number of likely N-dealkylation sites (tertiary alicyclic amines) is 1. The summed E-state index contributed by atoms with van der Waals surface area (Å²) in [5.41, 5.74) is 5.76. The van der Waals surface area contributed by atoms with Gasteiger partial charge in [0.25, 0.3) is 0 Å². The monoisotopic (exact) mass is 379 g/mol. The van der Waals surface area contributed by atoms with Crippen molar-refractivity contribution in [3.63, 3.8) is 0 Å². The molecule has 0 radical (unpaired) electrons. The van der Waals surface area contributed by atoms with Crippen molar-refractivity contribution in [1.82, 2.24) is 4.90 Å². The molecular weight excluding hydrogens is 354 g/mol. The third-order valence-electron chi connectivity index (χ3n) is 6.08. The minimum Gasteiger partial charge on any atom is -0.467 e. The van der Waals surface area contributed by atoms with Crippen LogP contribution in [0.1, 0.15) is 37.0 Å². The summed E-state index contributed by atoms with van der Waals surface area (Å²) in [6.07, 6.45) is -0.277. The summed E-state index contributed by atoms with van der Waals surface area (Å²) in [5, 5.41) is 9.92. The second-order valence-corrected chi connectivity index (χ2v) is 8.20. The van der Waals surface area contributed by atoms with Gasteiger partial charge in [0.1, 0.15) is 6.04 Å². The quantitative estimate of drug-likeness (QED) is 0.833. The molecule has 1 aliphatic carbocycles. The van der Waals surface area contributed by atoms with Crippen LogP contribution in [0, 0.1) is 0 Å². The van der Waals surface area contributed by atoms with Crippen molar-refractivity contribution in [3.8, 4) is 11.1 Å². The third kappa shape index (κ3) is 2.90. The van der Waals surface area contributed by atoms with Crippen LogP contribution in [-0.4, -0.2) is 47.7 Å². The van der Waals surface area contributed by atoms with Crippen molar-refractivity contribution in [2.45, 2.75) is 44.2 Å². The average molecular weight is 379 g/mol. The zero-order valence-corrected chi connectivity index (χ0v) is 16.4. The number of carbonyl (C=O) groups is 2. The van der Waals surface area contributed by atoms with Crippen LogP contribution in [0.5, 0.6) is 0 Å². The molecule has 1 unspecified atom stereocenters. The number of hydrogen-bond acceptors (Lipinski definition) is 4. The van der Waals surface area contributed by atoms with E-state index in [9.17, 15) is 14.7 Å². The second kappa shape index (κ2) is 6.74. The normalized spacial score (nSPS) is 21.9. The van der Waals surface area contributed by atoms with Crippen LogP contribution in [0.2, 0.25) is 0 Å². The summed E-state index contributed by atoms with van der Waals surface area (Å²) in [4.78, 5) is 26.3. The van der Waals surface area contributed by atoms with E-state index in [0.29, 0.717) is 0 Å². The Morgan fingerprint density at radius 1 is 1.14 bits per heavy atom. The predicted octanol–water partition coefficient (Wildman–Crippen LogP) is 2.67. The number of fused-ring (bicyclic) bond motifs is 3. The van der Waals surface area contributed by atoms with Gasteiger partial charge in [-0.3, -0.25) is 4.79 Å². The van der Waals surface area contributed by atoms with Crippen molar-refractivity contribution in [2.75, 3.05) is 13.7 Å². The first-order valence-corrected chi connectivity index (χ1v) is 9.61. The molecule has 146 valence electrons. The Morgan fingerprint density at radius 3 is 2.61 bits per heavy atom. The fourth-order valence-corrected chi connectivity index (χ4v) is 4.60. The van der Waals surface area contributed by atoms with Gasteiger partial charge in [-0.25, -0.2) is 4.79 Å². The molecule has 1 amide bonds. The highest BCUT2D eigenvalue weighted by Crippen LogP contribution is 2.48. The zero-order valence-electron chi connectivity index (χ0n) is 16.4. The van der Waals surface area contributed by atoms with Crippen LogP contribution in [0.15, 0.2) is 42.5 Å². The van der Waals surface area contributed by atoms with E-state index in [4.69, 9.17) is 4.74 Å². The molecule has 2 aliphatic rings. The molecule has 1 heterocycles. The maximum absolute atomic E-state index is 12.9. The van der Waals surface area contributed by atoms with Gasteiger partial charge in [-0.05, 0) is 27.8 Å². The smallest absolute Gasteiger partial charge is 0.328 e. The number of benzene rings is 2. The molecule has 28 heavy (non-hydrogen) atoms. The van der Waals surface area contributed by atoms with Crippen LogP contribution in [-0.2, 0) is 26.2 Å². The van der Waals surface area contributed by atoms with Crippen molar-refractivity contribution in [2.24, 2.45) is 0 Å². The summed E-state index contributed by atoms with van der Waals surface area (Å²) >= 11 is 0. The fraction of sp³-hybridized carbons (Fsp3) is 0.391. The van der Waals surface area contributed by atoms with E-state index in [-0.39, 0.29) is 30.7 Å². The number of hydrogen-bond donors (Lipinski definition) is 1. The van der Waals surface area contributed by atoms with Gasteiger partial charge in [0, 0.05) is 18.4 Å².